The Kier molecular flexibility index (Phi) is 2.98. The summed E-state index contributed by atoms with van der Waals surface area (Å²) in [4.78, 5) is 8.03. The minimum absolute atomic E-state index is 0.413. The van der Waals surface area contributed by atoms with Crippen molar-refractivity contribution < 1.29 is 0 Å². The average molecular weight is 257 g/mol. The monoisotopic (exact) mass is 256 g/mol. The van der Waals surface area contributed by atoms with Crippen molar-refractivity contribution in [3.63, 3.8) is 0 Å². The molecule has 4 nitrogen and oxygen atoms in total. The van der Waals surface area contributed by atoms with Crippen molar-refractivity contribution in [2.75, 3.05) is 11.9 Å². The van der Waals surface area contributed by atoms with Gasteiger partial charge in [0.1, 0.15) is 12.1 Å². The molecular formula is C9H13BrN4. The van der Waals surface area contributed by atoms with E-state index in [-0.39, 0.29) is 0 Å². The van der Waals surface area contributed by atoms with E-state index >= 15 is 0 Å². The summed E-state index contributed by atoms with van der Waals surface area (Å²) in [6.45, 7) is 0.948. The standard InChI is InChI=1S/C9H13BrN4/c10-8-4-12-5-14-9(8)13-3-6-1-7(11)2-6/h4-7H,1-3,11H2,(H,12,13,14). The van der Waals surface area contributed by atoms with Crippen LogP contribution in [0.5, 0.6) is 0 Å². The molecule has 0 atom stereocenters. The first kappa shape index (κ1) is 9.86. The zero-order valence-electron chi connectivity index (χ0n) is 7.78. The highest BCUT2D eigenvalue weighted by atomic mass is 79.9. The van der Waals surface area contributed by atoms with Gasteiger partial charge in [0.15, 0.2) is 0 Å². The number of hydrogen-bond acceptors (Lipinski definition) is 4. The van der Waals surface area contributed by atoms with E-state index in [1.807, 2.05) is 0 Å². The molecule has 1 aliphatic rings. The molecule has 0 saturated heterocycles. The zero-order chi connectivity index (χ0) is 9.97. The molecule has 1 heterocycles. The topological polar surface area (TPSA) is 63.8 Å². The SMILES string of the molecule is NC1CC(CNc2ncncc2Br)C1. The lowest BCUT2D eigenvalue weighted by molar-refractivity contribution is 0.280. The van der Waals surface area contributed by atoms with Gasteiger partial charge < -0.3 is 11.1 Å². The summed E-state index contributed by atoms with van der Waals surface area (Å²) in [7, 11) is 0. The molecule has 0 bridgehead atoms. The Hall–Kier alpha value is -0.680. The Morgan fingerprint density at radius 2 is 2.36 bits per heavy atom. The number of rotatable bonds is 3. The third-order valence-corrected chi connectivity index (χ3v) is 3.08. The Labute approximate surface area is 91.4 Å². The molecule has 1 saturated carbocycles. The van der Waals surface area contributed by atoms with Crippen molar-refractivity contribution in [2.45, 2.75) is 18.9 Å². The number of nitrogens with two attached hydrogens (primary N) is 1. The van der Waals surface area contributed by atoms with Gasteiger partial charge in [-0.05, 0) is 34.7 Å². The smallest absolute Gasteiger partial charge is 0.143 e. The van der Waals surface area contributed by atoms with Crippen molar-refractivity contribution in [1.29, 1.82) is 0 Å². The second kappa shape index (κ2) is 4.23. The summed E-state index contributed by atoms with van der Waals surface area (Å²) < 4.78 is 0.906. The Morgan fingerprint density at radius 1 is 1.57 bits per heavy atom. The van der Waals surface area contributed by atoms with E-state index in [1.54, 1.807) is 12.5 Å². The van der Waals surface area contributed by atoms with Crippen LogP contribution in [0, 0.1) is 5.92 Å². The highest BCUT2D eigenvalue weighted by molar-refractivity contribution is 9.10. The van der Waals surface area contributed by atoms with Crippen LogP contribution in [0.3, 0.4) is 0 Å². The van der Waals surface area contributed by atoms with Gasteiger partial charge in [0, 0.05) is 18.8 Å². The molecule has 76 valence electrons. The van der Waals surface area contributed by atoms with Crippen LogP contribution in [0.25, 0.3) is 0 Å². The largest absolute Gasteiger partial charge is 0.369 e. The van der Waals surface area contributed by atoms with E-state index in [4.69, 9.17) is 5.73 Å². The number of nitrogens with one attached hydrogen (secondary N) is 1. The normalized spacial score (nSPS) is 25.6. The van der Waals surface area contributed by atoms with Crippen LogP contribution >= 0.6 is 15.9 Å². The summed E-state index contributed by atoms with van der Waals surface area (Å²) in [5.74, 6) is 1.56. The highest BCUT2D eigenvalue weighted by Crippen LogP contribution is 2.26. The highest BCUT2D eigenvalue weighted by Gasteiger charge is 2.25. The third-order valence-electron chi connectivity index (χ3n) is 2.50. The third kappa shape index (κ3) is 2.22. The van der Waals surface area contributed by atoms with Crippen LogP contribution < -0.4 is 11.1 Å². The van der Waals surface area contributed by atoms with E-state index in [9.17, 15) is 0 Å². The van der Waals surface area contributed by atoms with E-state index in [2.05, 4.69) is 31.2 Å². The molecule has 0 unspecified atom stereocenters. The molecule has 3 N–H and O–H groups in total. The molecule has 0 amide bonds. The molecule has 14 heavy (non-hydrogen) atoms. The maximum atomic E-state index is 5.71. The van der Waals surface area contributed by atoms with Crippen LogP contribution in [0.2, 0.25) is 0 Å². The molecule has 2 rings (SSSR count). The number of aromatic nitrogens is 2. The van der Waals surface area contributed by atoms with Gasteiger partial charge in [-0.1, -0.05) is 0 Å². The molecule has 0 radical (unpaired) electrons. The van der Waals surface area contributed by atoms with Gasteiger partial charge in [0.25, 0.3) is 0 Å². The predicted octanol–water partition coefficient (Wildman–Crippen LogP) is 1.39. The molecule has 1 fully saturated rings. The van der Waals surface area contributed by atoms with Gasteiger partial charge >= 0.3 is 0 Å². The van der Waals surface area contributed by atoms with Crippen LogP contribution in [-0.4, -0.2) is 22.6 Å². The lowest BCUT2D eigenvalue weighted by Crippen LogP contribution is -2.39. The fourth-order valence-corrected chi connectivity index (χ4v) is 2.00. The molecule has 0 aliphatic heterocycles. The van der Waals surface area contributed by atoms with Gasteiger partial charge in [-0.25, -0.2) is 9.97 Å². The summed E-state index contributed by atoms with van der Waals surface area (Å²) >= 11 is 3.39. The van der Waals surface area contributed by atoms with Gasteiger partial charge in [-0.15, -0.1) is 0 Å². The molecule has 0 aromatic carbocycles. The Bertz CT molecular complexity index is 311. The fraction of sp³-hybridized carbons (Fsp3) is 0.556. The van der Waals surface area contributed by atoms with Crippen molar-refractivity contribution in [2.24, 2.45) is 11.7 Å². The number of halogens is 1. The quantitative estimate of drug-likeness (QED) is 0.858. The number of hydrogen-bond donors (Lipinski definition) is 2. The van der Waals surface area contributed by atoms with Crippen LogP contribution in [0.15, 0.2) is 17.0 Å². The summed E-state index contributed by atoms with van der Waals surface area (Å²) in [6.07, 6.45) is 5.52. The fourth-order valence-electron chi connectivity index (χ4n) is 1.64. The molecule has 5 heteroatoms. The van der Waals surface area contributed by atoms with E-state index in [1.165, 1.54) is 0 Å². The maximum Gasteiger partial charge on any atom is 0.143 e. The summed E-state index contributed by atoms with van der Waals surface area (Å²) in [5, 5.41) is 3.28. The minimum atomic E-state index is 0.413. The number of anilines is 1. The maximum absolute atomic E-state index is 5.71. The Balaban J connectivity index is 1.83. The Morgan fingerprint density at radius 3 is 3.00 bits per heavy atom. The first-order valence-corrected chi connectivity index (χ1v) is 5.50. The minimum Gasteiger partial charge on any atom is -0.369 e. The van der Waals surface area contributed by atoms with Crippen LogP contribution in [0.1, 0.15) is 12.8 Å². The average Bonchev–Trinajstić information content (AvgIpc) is 2.13. The molecule has 0 spiro atoms. The van der Waals surface area contributed by atoms with E-state index < -0.39 is 0 Å². The van der Waals surface area contributed by atoms with Gasteiger partial charge in [0.05, 0.1) is 4.47 Å². The lowest BCUT2D eigenvalue weighted by atomic mass is 9.81. The lowest BCUT2D eigenvalue weighted by Gasteiger charge is -2.32. The molecule has 1 aromatic heterocycles. The van der Waals surface area contributed by atoms with Gasteiger partial charge in [-0.2, -0.15) is 0 Å². The van der Waals surface area contributed by atoms with Crippen molar-refractivity contribution in [3.05, 3.63) is 17.0 Å². The molecule has 1 aliphatic carbocycles. The summed E-state index contributed by atoms with van der Waals surface area (Å²) in [5.41, 5.74) is 5.71. The number of nitrogens with zero attached hydrogens (tertiary/aromatic N) is 2. The van der Waals surface area contributed by atoms with E-state index in [0.717, 1.165) is 29.7 Å². The first-order valence-electron chi connectivity index (χ1n) is 4.70. The predicted molar refractivity (Wildman–Crippen MR) is 58.9 cm³/mol. The first-order chi connectivity index (χ1) is 6.75. The van der Waals surface area contributed by atoms with Gasteiger partial charge in [0.2, 0.25) is 0 Å². The van der Waals surface area contributed by atoms with Gasteiger partial charge in [-0.3, -0.25) is 0 Å². The van der Waals surface area contributed by atoms with Crippen LogP contribution in [-0.2, 0) is 0 Å². The second-order valence-corrected chi connectivity index (χ2v) is 4.55. The zero-order valence-corrected chi connectivity index (χ0v) is 9.37. The van der Waals surface area contributed by atoms with Crippen molar-refractivity contribution >= 4 is 21.7 Å². The van der Waals surface area contributed by atoms with Crippen molar-refractivity contribution in [3.8, 4) is 0 Å². The van der Waals surface area contributed by atoms with E-state index in [0.29, 0.717) is 12.0 Å². The molecule has 1 aromatic rings. The van der Waals surface area contributed by atoms with Crippen molar-refractivity contribution in [1.82, 2.24) is 9.97 Å². The second-order valence-electron chi connectivity index (χ2n) is 3.70. The molecular weight excluding hydrogens is 244 g/mol. The van der Waals surface area contributed by atoms with Crippen LogP contribution in [0.4, 0.5) is 5.82 Å². The summed E-state index contributed by atoms with van der Waals surface area (Å²) in [6, 6.07) is 0.413.